The predicted molar refractivity (Wildman–Crippen MR) is 85.7 cm³/mol. The minimum absolute atomic E-state index is 0.0371. The standard InChI is InChI=1S/C16H16ClFN4O3/c17-12-5-11(1-2-13(12)18)24-9-16(23)21-4-3-15-14(7-21)22-10(8-25-15)6-19-20-22/h1-2,5-6,14-15H,3-4,7-9H2. The van der Waals surface area contributed by atoms with Gasteiger partial charge in [0.2, 0.25) is 0 Å². The lowest BCUT2D eigenvalue weighted by Gasteiger charge is -2.40. The highest BCUT2D eigenvalue weighted by Gasteiger charge is 2.37. The molecule has 1 fully saturated rings. The first-order valence-corrected chi connectivity index (χ1v) is 8.36. The Balaban J connectivity index is 1.39. The quantitative estimate of drug-likeness (QED) is 0.828. The number of benzene rings is 1. The molecule has 0 radical (unpaired) electrons. The molecular formula is C16H16ClFN4O3. The van der Waals surface area contributed by atoms with Crippen LogP contribution < -0.4 is 4.74 Å². The first-order chi connectivity index (χ1) is 12.1. The average molecular weight is 367 g/mol. The molecule has 0 N–H and O–H groups in total. The Kier molecular flexibility index (Phi) is 4.30. The lowest BCUT2D eigenvalue weighted by Crippen LogP contribution is -2.50. The van der Waals surface area contributed by atoms with E-state index in [0.717, 1.165) is 12.1 Å². The van der Waals surface area contributed by atoms with Gasteiger partial charge in [-0.2, -0.15) is 0 Å². The van der Waals surface area contributed by atoms with Crippen LogP contribution in [0.3, 0.4) is 0 Å². The summed E-state index contributed by atoms with van der Waals surface area (Å²) in [6.07, 6.45) is 2.45. The van der Waals surface area contributed by atoms with E-state index in [-0.39, 0.29) is 29.7 Å². The zero-order valence-electron chi connectivity index (χ0n) is 13.3. The van der Waals surface area contributed by atoms with E-state index in [2.05, 4.69) is 10.3 Å². The Bertz CT molecular complexity index is 799. The fraction of sp³-hybridized carbons (Fsp3) is 0.438. The van der Waals surface area contributed by atoms with Gasteiger partial charge < -0.3 is 14.4 Å². The van der Waals surface area contributed by atoms with E-state index in [4.69, 9.17) is 21.1 Å². The molecule has 132 valence electrons. The number of hydrogen-bond acceptors (Lipinski definition) is 5. The molecule has 2 aromatic rings. The van der Waals surface area contributed by atoms with Crippen molar-refractivity contribution in [1.82, 2.24) is 19.9 Å². The largest absolute Gasteiger partial charge is 0.484 e. The maximum Gasteiger partial charge on any atom is 0.260 e. The number of aromatic nitrogens is 3. The van der Waals surface area contributed by atoms with Crippen LogP contribution in [0.25, 0.3) is 0 Å². The Morgan fingerprint density at radius 3 is 3.20 bits per heavy atom. The molecule has 0 aliphatic carbocycles. The molecule has 1 aromatic carbocycles. The van der Waals surface area contributed by atoms with Crippen LogP contribution in [-0.2, 0) is 16.1 Å². The number of amides is 1. The fourth-order valence-electron chi connectivity index (χ4n) is 3.21. The molecule has 25 heavy (non-hydrogen) atoms. The number of halogens is 2. The highest BCUT2D eigenvalue weighted by atomic mass is 35.5. The van der Waals surface area contributed by atoms with E-state index in [0.29, 0.717) is 25.4 Å². The number of rotatable bonds is 3. The first-order valence-electron chi connectivity index (χ1n) is 7.98. The predicted octanol–water partition coefficient (Wildman–Crippen LogP) is 1.82. The van der Waals surface area contributed by atoms with Crippen LogP contribution in [-0.4, -0.2) is 51.6 Å². The Morgan fingerprint density at radius 2 is 2.36 bits per heavy atom. The fourth-order valence-corrected chi connectivity index (χ4v) is 3.38. The van der Waals surface area contributed by atoms with Crippen molar-refractivity contribution in [2.75, 3.05) is 19.7 Å². The maximum absolute atomic E-state index is 13.2. The van der Waals surface area contributed by atoms with Crippen LogP contribution in [0.4, 0.5) is 4.39 Å². The summed E-state index contributed by atoms with van der Waals surface area (Å²) in [6, 6.07) is 3.97. The number of piperidine rings is 1. The van der Waals surface area contributed by atoms with Gasteiger partial charge in [0.05, 0.1) is 35.7 Å². The van der Waals surface area contributed by atoms with Gasteiger partial charge in [-0.1, -0.05) is 16.8 Å². The van der Waals surface area contributed by atoms with Crippen LogP contribution in [0.15, 0.2) is 24.4 Å². The number of carbonyl (C=O) groups excluding carboxylic acids is 1. The van der Waals surface area contributed by atoms with Gasteiger partial charge in [0.25, 0.3) is 5.91 Å². The minimum atomic E-state index is -0.525. The highest BCUT2D eigenvalue weighted by molar-refractivity contribution is 6.30. The topological polar surface area (TPSA) is 69.5 Å². The number of carbonyl (C=O) groups is 1. The van der Waals surface area contributed by atoms with E-state index in [9.17, 15) is 9.18 Å². The molecule has 2 unspecified atom stereocenters. The second kappa shape index (κ2) is 6.61. The van der Waals surface area contributed by atoms with E-state index in [1.54, 1.807) is 11.1 Å². The van der Waals surface area contributed by atoms with Crippen molar-refractivity contribution in [3.63, 3.8) is 0 Å². The van der Waals surface area contributed by atoms with Gasteiger partial charge in [-0.15, -0.1) is 5.10 Å². The van der Waals surface area contributed by atoms with Crippen molar-refractivity contribution < 1.29 is 18.7 Å². The van der Waals surface area contributed by atoms with Gasteiger partial charge in [-0.3, -0.25) is 4.79 Å². The van der Waals surface area contributed by atoms with Crippen LogP contribution in [0, 0.1) is 5.82 Å². The van der Waals surface area contributed by atoms with Crippen LogP contribution >= 0.6 is 11.6 Å². The smallest absolute Gasteiger partial charge is 0.260 e. The van der Waals surface area contributed by atoms with Crippen molar-refractivity contribution in [1.29, 1.82) is 0 Å². The van der Waals surface area contributed by atoms with Crippen LogP contribution in [0.5, 0.6) is 5.75 Å². The number of ether oxygens (including phenoxy) is 2. The molecule has 1 aromatic heterocycles. The summed E-state index contributed by atoms with van der Waals surface area (Å²) in [4.78, 5) is 14.2. The first kappa shape index (κ1) is 16.3. The summed E-state index contributed by atoms with van der Waals surface area (Å²) in [5, 5.41) is 7.99. The van der Waals surface area contributed by atoms with Gasteiger partial charge in [0.1, 0.15) is 11.6 Å². The van der Waals surface area contributed by atoms with Crippen molar-refractivity contribution in [3.05, 3.63) is 40.9 Å². The summed E-state index contributed by atoms with van der Waals surface area (Å²) in [6.45, 7) is 1.45. The van der Waals surface area contributed by atoms with E-state index in [1.165, 1.54) is 18.2 Å². The van der Waals surface area contributed by atoms with Crippen molar-refractivity contribution >= 4 is 17.5 Å². The zero-order valence-corrected chi connectivity index (χ0v) is 14.0. The van der Waals surface area contributed by atoms with E-state index < -0.39 is 5.82 Å². The van der Waals surface area contributed by atoms with E-state index in [1.807, 2.05) is 4.68 Å². The molecule has 2 aliphatic heterocycles. The van der Waals surface area contributed by atoms with Gasteiger partial charge in [0.15, 0.2) is 6.61 Å². The third-order valence-electron chi connectivity index (χ3n) is 4.53. The molecule has 4 rings (SSSR count). The molecule has 7 nitrogen and oxygen atoms in total. The Labute approximate surface area is 148 Å². The van der Waals surface area contributed by atoms with Gasteiger partial charge >= 0.3 is 0 Å². The second-order valence-electron chi connectivity index (χ2n) is 6.08. The number of nitrogens with zero attached hydrogens (tertiary/aromatic N) is 4. The van der Waals surface area contributed by atoms with E-state index >= 15 is 0 Å². The molecule has 0 bridgehead atoms. The lowest BCUT2D eigenvalue weighted by atomic mass is 10.0. The van der Waals surface area contributed by atoms with Gasteiger partial charge in [0, 0.05) is 19.2 Å². The zero-order chi connectivity index (χ0) is 17.4. The molecule has 2 atom stereocenters. The summed E-state index contributed by atoms with van der Waals surface area (Å²) in [7, 11) is 0. The number of hydrogen-bond donors (Lipinski definition) is 0. The highest BCUT2D eigenvalue weighted by Crippen LogP contribution is 2.30. The summed E-state index contributed by atoms with van der Waals surface area (Å²) in [5.41, 5.74) is 0.910. The molecule has 1 amide bonds. The SMILES string of the molecule is O=C(COc1ccc(F)c(Cl)c1)N1CCC2OCc3cnnn3C2C1. The van der Waals surface area contributed by atoms with Gasteiger partial charge in [-0.25, -0.2) is 9.07 Å². The Hall–Kier alpha value is -2.19. The van der Waals surface area contributed by atoms with Crippen molar-refractivity contribution in [3.8, 4) is 5.75 Å². The number of likely N-dealkylation sites (tertiary alicyclic amines) is 1. The molecule has 3 heterocycles. The molecule has 0 saturated carbocycles. The lowest BCUT2D eigenvalue weighted by molar-refractivity contribution is -0.140. The van der Waals surface area contributed by atoms with Crippen molar-refractivity contribution in [2.45, 2.75) is 25.2 Å². The molecule has 2 aliphatic rings. The summed E-state index contributed by atoms with van der Waals surface area (Å²) < 4.78 is 26.3. The third-order valence-corrected chi connectivity index (χ3v) is 4.82. The van der Waals surface area contributed by atoms with Crippen LogP contribution in [0.2, 0.25) is 5.02 Å². The van der Waals surface area contributed by atoms with Crippen molar-refractivity contribution in [2.24, 2.45) is 0 Å². The van der Waals surface area contributed by atoms with Gasteiger partial charge in [-0.05, 0) is 18.6 Å². The molecule has 0 spiro atoms. The Morgan fingerprint density at radius 1 is 1.48 bits per heavy atom. The monoisotopic (exact) mass is 366 g/mol. The van der Waals surface area contributed by atoms with Crippen LogP contribution in [0.1, 0.15) is 18.2 Å². The average Bonchev–Trinajstić information content (AvgIpc) is 3.11. The molecule has 9 heteroatoms. The third kappa shape index (κ3) is 3.19. The molecule has 1 saturated heterocycles. The number of fused-ring (bicyclic) bond motifs is 3. The molecular weight excluding hydrogens is 351 g/mol. The second-order valence-corrected chi connectivity index (χ2v) is 6.49. The maximum atomic E-state index is 13.2. The summed E-state index contributed by atoms with van der Waals surface area (Å²) >= 11 is 5.71. The normalized spacial score (nSPS) is 22.2. The summed E-state index contributed by atoms with van der Waals surface area (Å²) in [5.74, 6) is -0.316. The minimum Gasteiger partial charge on any atom is -0.484 e.